The molecule has 1 aromatic heterocycles. The Morgan fingerprint density at radius 1 is 0.939 bits per heavy atom. The van der Waals surface area contributed by atoms with Gasteiger partial charge in [0.25, 0.3) is 0 Å². The molecule has 4 aromatic rings. The van der Waals surface area contributed by atoms with E-state index in [2.05, 4.69) is 4.98 Å². The summed E-state index contributed by atoms with van der Waals surface area (Å²) in [5.41, 5.74) is 2.63. The Balaban J connectivity index is 1.61. The lowest BCUT2D eigenvalue weighted by Gasteiger charge is -2.14. The molecule has 0 saturated heterocycles. The fraction of sp³-hybridized carbons (Fsp3) is 0.160. The van der Waals surface area contributed by atoms with Gasteiger partial charge in [0, 0.05) is 11.9 Å². The monoisotopic (exact) mass is 464 g/mol. The van der Waals surface area contributed by atoms with Crippen molar-refractivity contribution in [2.75, 3.05) is 7.11 Å². The minimum atomic E-state index is -0.490. The number of carbonyl (C=O) groups excluding carboxylic acids is 2. The summed E-state index contributed by atoms with van der Waals surface area (Å²) >= 11 is 5.95. The summed E-state index contributed by atoms with van der Waals surface area (Å²) < 4.78 is 18.3. The molecular formula is C25H21ClN2O5. The number of carbonyl (C=O) groups is 2. The highest BCUT2D eigenvalue weighted by atomic mass is 35.5. The van der Waals surface area contributed by atoms with Gasteiger partial charge in [-0.1, -0.05) is 35.9 Å². The van der Waals surface area contributed by atoms with E-state index in [1.54, 1.807) is 30.3 Å². The Morgan fingerprint density at radius 2 is 1.67 bits per heavy atom. The Hall–Kier alpha value is -3.84. The van der Waals surface area contributed by atoms with Crippen LogP contribution in [0.4, 0.5) is 0 Å². The van der Waals surface area contributed by atoms with Gasteiger partial charge in [-0.05, 0) is 48.0 Å². The van der Waals surface area contributed by atoms with E-state index in [1.807, 2.05) is 36.4 Å². The van der Waals surface area contributed by atoms with Crippen molar-refractivity contribution in [3.05, 3.63) is 88.7 Å². The fourth-order valence-electron chi connectivity index (χ4n) is 3.39. The molecule has 1 heterocycles. The minimum Gasteiger partial charge on any atom is -0.485 e. The highest BCUT2D eigenvalue weighted by molar-refractivity contribution is 6.30. The molecule has 0 unspecified atom stereocenters. The Labute approximate surface area is 195 Å². The van der Waals surface area contributed by atoms with E-state index in [4.69, 9.17) is 25.8 Å². The predicted octanol–water partition coefficient (Wildman–Crippen LogP) is 5.29. The summed E-state index contributed by atoms with van der Waals surface area (Å²) in [5, 5.41) is 0.629. The number of benzene rings is 3. The van der Waals surface area contributed by atoms with Crippen molar-refractivity contribution in [2.45, 2.75) is 20.1 Å². The number of hydrogen-bond acceptors (Lipinski definition) is 6. The van der Waals surface area contributed by atoms with Crippen molar-refractivity contribution in [3.63, 3.8) is 0 Å². The quantitative estimate of drug-likeness (QED) is 0.345. The van der Waals surface area contributed by atoms with Gasteiger partial charge in [-0.2, -0.15) is 0 Å². The molecule has 0 radical (unpaired) electrons. The molecule has 168 valence electrons. The smallest absolute Gasteiger partial charge is 0.337 e. The van der Waals surface area contributed by atoms with Crippen LogP contribution in [0.2, 0.25) is 5.02 Å². The van der Waals surface area contributed by atoms with E-state index in [0.717, 1.165) is 5.56 Å². The summed E-state index contributed by atoms with van der Waals surface area (Å²) in [6.45, 7) is 1.75. The number of imidazole rings is 1. The molecular weight excluding hydrogens is 444 g/mol. The first kappa shape index (κ1) is 22.4. The molecule has 33 heavy (non-hydrogen) atoms. The molecule has 0 spiro atoms. The van der Waals surface area contributed by atoms with Crippen molar-refractivity contribution >= 4 is 34.5 Å². The molecule has 8 heteroatoms. The number of halogens is 1. The molecule has 0 saturated carbocycles. The molecule has 0 aliphatic carbocycles. The number of methoxy groups -OCH3 is 1. The number of para-hydroxylation sites is 2. The third-order valence-electron chi connectivity index (χ3n) is 4.97. The van der Waals surface area contributed by atoms with Crippen LogP contribution in [0.25, 0.3) is 11.0 Å². The number of fused-ring (bicyclic) bond motifs is 1. The van der Waals surface area contributed by atoms with E-state index >= 15 is 0 Å². The maximum atomic E-state index is 12.2. The summed E-state index contributed by atoms with van der Waals surface area (Å²) in [6, 6.07) is 19.4. The van der Waals surface area contributed by atoms with Gasteiger partial charge in [-0.25, -0.2) is 9.78 Å². The first-order valence-corrected chi connectivity index (χ1v) is 10.5. The first-order chi connectivity index (χ1) is 16.0. The van der Waals surface area contributed by atoms with Gasteiger partial charge >= 0.3 is 5.97 Å². The zero-order valence-electron chi connectivity index (χ0n) is 18.1. The molecule has 0 N–H and O–H groups in total. The minimum absolute atomic E-state index is 0.0309. The van der Waals surface area contributed by atoms with E-state index in [9.17, 15) is 9.59 Å². The number of rotatable bonds is 7. The van der Waals surface area contributed by atoms with Crippen LogP contribution in [0.15, 0.2) is 66.7 Å². The third kappa shape index (κ3) is 4.99. The lowest BCUT2D eigenvalue weighted by molar-refractivity contribution is 0.0599. The summed E-state index contributed by atoms with van der Waals surface area (Å²) in [5.74, 6) is 0.570. The molecule has 0 amide bonds. The van der Waals surface area contributed by atoms with E-state index in [1.165, 1.54) is 18.6 Å². The number of nitrogens with zero attached hydrogens (tertiary/aromatic N) is 2. The molecule has 0 fully saturated rings. The fourth-order valence-corrected chi connectivity index (χ4v) is 3.52. The van der Waals surface area contributed by atoms with Crippen LogP contribution in [-0.2, 0) is 18.0 Å². The first-order valence-electron chi connectivity index (χ1n) is 10.2. The zero-order chi connectivity index (χ0) is 23.4. The average Bonchev–Trinajstić information content (AvgIpc) is 3.20. The summed E-state index contributed by atoms with van der Waals surface area (Å²) in [6.07, 6.45) is 0. The van der Waals surface area contributed by atoms with E-state index in [0.29, 0.717) is 38.9 Å². The van der Waals surface area contributed by atoms with Gasteiger partial charge in [0.15, 0.2) is 17.3 Å². The Morgan fingerprint density at radius 3 is 2.39 bits per heavy atom. The van der Waals surface area contributed by atoms with Crippen molar-refractivity contribution in [1.82, 2.24) is 9.55 Å². The molecule has 0 atom stereocenters. The van der Waals surface area contributed by atoms with Gasteiger partial charge in [0.2, 0.25) is 5.91 Å². The SMILES string of the molecule is COC(=O)c1ccc(OCc2nc3ccccc3n2C(C)=O)c(OCc2ccc(Cl)cc2)c1. The van der Waals surface area contributed by atoms with Crippen molar-refractivity contribution in [2.24, 2.45) is 0 Å². The summed E-state index contributed by atoms with van der Waals surface area (Å²) in [7, 11) is 1.31. The molecule has 0 bridgehead atoms. The van der Waals surface area contributed by atoms with E-state index in [-0.39, 0.29) is 19.1 Å². The number of ether oxygens (including phenoxy) is 3. The maximum absolute atomic E-state index is 12.2. The molecule has 7 nitrogen and oxygen atoms in total. The van der Waals surface area contributed by atoms with Gasteiger partial charge in [-0.15, -0.1) is 0 Å². The van der Waals surface area contributed by atoms with Crippen molar-refractivity contribution in [1.29, 1.82) is 0 Å². The lowest BCUT2D eigenvalue weighted by Crippen LogP contribution is -2.13. The van der Waals surface area contributed by atoms with Gasteiger partial charge in [0.05, 0.1) is 23.7 Å². The second-order valence-corrected chi connectivity index (χ2v) is 7.66. The largest absolute Gasteiger partial charge is 0.485 e. The van der Waals surface area contributed by atoms with Crippen LogP contribution in [0, 0.1) is 0 Å². The number of esters is 1. The van der Waals surface area contributed by atoms with Crippen molar-refractivity contribution < 1.29 is 23.8 Å². The lowest BCUT2D eigenvalue weighted by atomic mass is 10.2. The Kier molecular flexibility index (Phi) is 6.60. The summed E-state index contributed by atoms with van der Waals surface area (Å²) in [4.78, 5) is 28.8. The van der Waals surface area contributed by atoms with Crippen LogP contribution in [0.1, 0.15) is 33.5 Å². The second kappa shape index (κ2) is 9.75. The highest BCUT2D eigenvalue weighted by Crippen LogP contribution is 2.31. The van der Waals surface area contributed by atoms with Gasteiger partial charge in [-0.3, -0.25) is 9.36 Å². The zero-order valence-corrected chi connectivity index (χ0v) is 18.8. The predicted molar refractivity (Wildman–Crippen MR) is 124 cm³/mol. The number of aromatic nitrogens is 2. The highest BCUT2D eigenvalue weighted by Gasteiger charge is 2.17. The standard InChI is InChI=1S/C25H21ClN2O5/c1-16(29)28-21-6-4-3-5-20(21)27-24(28)15-33-22-12-9-18(25(30)31-2)13-23(22)32-14-17-7-10-19(26)11-8-17/h3-13H,14-15H2,1-2H3. The normalized spacial score (nSPS) is 10.8. The molecule has 0 aliphatic rings. The maximum Gasteiger partial charge on any atom is 0.337 e. The second-order valence-electron chi connectivity index (χ2n) is 7.23. The van der Waals surface area contributed by atoms with Crippen LogP contribution >= 0.6 is 11.6 Å². The van der Waals surface area contributed by atoms with E-state index < -0.39 is 5.97 Å². The molecule has 0 aliphatic heterocycles. The molecule has 3 aromatic carbocycles. The Bertz CT molecular complexity index is 1310. The third-order valence-corrected chi connectivity index (χ3v) is 5.23. The van der Waals surface area contributed by atoms with Crippen LogP contribution in [0.5, 0.6) is 11.5 Å². The van der Waals surface area contributed by atoms with Crippen LogP contribution < -0.4 is 9.47 Å². The van der Waals surface area contributed by atoms with Gasteiger partial charge < -0.3 is 14.2 Å². The van der Waals surface area contributed by atoms with Crippen molar-refractivity contribution in [3.8, 4) is 11.5 Å². The topological polar surface area (TPSA) is 79.7 Å². The van der Waals surface area contributed by atoms with Crippen LogP contribution in [-0.4, -0.2) is 28.5 Å². The van der Waals surface area contributed by atoms with Crippen LogP contribution in [0.3, 0.4) is 0 Å². The van der Waals surface area contributed by atoms with Gasteiger partial charge in [0.1, 0.15) is 13.2 Å². The molecule has 4 rings (SSSR count). The number of hydrogen-bond donors (Lipinski definition) is 0. The average molecular weight is 465 g/mol.